The molecule has 1 saturated heterocycles. The van der Waals surface area contributed by atoms with E-state index in [2.05, 4.69) is 15.3 Å². The third-order valence-electron chi connectivity index (χ3n) is 4.93. The van der Waals surface area contributed by atoms with Crippen LogP contribution in [0.4, 0.5) is 16.0 Å². The average molecular weight is 402 g/mol. The number of anilines is 2. The Morgan fingerprint density at radius 2 is 2.21 bits per heavy atom. The average Bonchev–Trinajstić information content (AvgIpc) is 3.25. The molecule has 0 spiro atoms. The summed E-state index contributed by atoms with van der Waals surface area (Å²) in [6, 6.07) is 3.42. The van der Waals surface area contributed by atoms with Crippen LogP contribution in [0.3, 0.4) is 0 Å². The molecule has 146 valence electrons. The minimum Gasteiger partial charge on any atom is -0.383 e. The largest absolute Gasteiger partial charge is 0.383 e. The van der Waals surface area contributed by atoms with Crippen molar-refractivity contribution < 1.29 is 13.9 Å². The summed E-state index contributed by atoms with van der Waals surface area (Å²) < 4.78 is 22.9. The zero-order valence-electron chi connectivity index (χ0n) is 15.4. The Labute approximate surface area is 160 Å². The highest BCUT2D eigenvalue weighted by atomic mass is 28.3. The summed E-state index contributed by atoms with van der Waals surface area (Å²) in [6.07, 6.45) is 2.15. The fraction of sp³-hybridized carbons (Fsp3) is 0.294. The fourth-order valence-corrected chi connectivity index (χ4v) is 5.85. The highest BCUT2D eigenvalue weighted by Crippen LogP contribution is 2.23. The molecule has 1 aromatic carbocycles. The summed E-state index contributed by atoms with van der Waals surface area (Å²) >= 11 is 0. The number of carbonyl (C=O) groups excluding carboxylic acids is 1. The molecular formula is C17H19FN6O3Si. The fourth-order valence-electron chi connectivity index (χ4n) is 3.38. The number of ether oxygens (including phenoxy) is 1. The molecule has 4 rings (SSSR count). The molecule has 1 atom stereocenters. The molecule has 0 saturated carbocycles. The van der Waals surface area contributed by atoms with Crippen molar-refractivity contribution in [3.63, 3.8) is 0 Å². The number of hydrogen-bond donors (Lipinski definition) is 2. The molecule has 1 amide bonds. The van der Waals surface area contributed by atoms with Crippen LogP contribution in [0.1, 0.15) is 15.9 Å². The second-order valence-electron chi connectivity index (χ2n) is 6.77. The van der Waals surface area contributed by atoms with Crippen molar-refractivity contribution in [1.82, 2.24) is 18.8 Å². The molecule has 28 heavy (non-hydrogen) atoms. The first-order chi connectivity index (χ1) is 13.4. The lowest BCUT2D eigenvalue weighted by Crippen LogP contribution is -2.36. The van der Waals surface area contributed by atoms with Crippen molar-refractivity contribution in [2.75, 3.05) is 18.2 Å². The Bertz CT molecular complexity index is 1150. The van der Waals surface area contributed by atoms with E-state index in [1.807, 2.05) is 0 Å². The number of amides is 1. The summed E-state index contributed by atoms with van der Waals surface area (Å²) in [6.45, 7) is 2.37. The van der Waals surface area contributed by atoms with E-state index in [9.17, 15) is 14.0 Å². The zero-order valence-corrected chi connectivity index (χ0v) is 16.6. The Morgan fingerprint density at radius 3 is 2.89 bits per heavy atom. The van der Waals surface area contributed by atoms with Crippen LogP contribution in [0.5, 0.6) is 0 Å². The van der Waals surface area contributed by atoms with E-state index < -0.39 is 20.7 Å². The number of hydrogen-bond acceptors (Lipinski definition) is 6. The van der Waals surface area contributed by atoms with Crippen molar-refractivity contribution in [2.45, 2.75) is 13.0 Å². The molecule has 0 radical (unpaired) electrons. The van der Waals surface area contributed by atoms with Crippen LogP contribution >= 0.6 is 0 Å². The Hall–Kier alpha value is -3.05. The Balaban J connectivity index is 1.76. The van der Waals surface area contributed by atoms with Crippen molar-refractivity contribution in [1.29, 1.82) is 0 Å². The maximum Gasteiger partial charge on any atom is 0.321 e. The van der Waals surface area contributed by atoms with Gasteiger partial charge in [0.05, 0.1) is 18.0 Å². The molecule has 9 nitrogen and oxygen atoms in total. The van der Waals surface area contributed by atoms with Crippen LogP contribution in [-0.2, 0) is 11.8 Å². The van der Waals surface area contributed by atoms with Gasteiger partial charge in [-0.2, -0.15) is 4.98 Å². The van der Waals surface area contributed by atoms with Crippen LogP contribution < -0.4 is 16.7 Å². The molecule has 3 heterocycles. The SMILES string of the molecule is Cc1cc(C(N)=O)c(F)cc1Nc1ncc2c(n1)n([Si@H]1CCOC1)c(=O)n2C. The molecule has 0 unspecified atom stereocenters. The maximum absolute atomic E-state index is 14.1. The molecule has 11 heteroatoms. The van der Waals surface area contributed by atoms with Crippen molar-refractivity contribution in [3.8, 4) is 0 Å². The minimum absolute atomic E-state index is 0.128. The van der Waals surface area contributed by atoms with Gasteiger partial charge in [0.15, 0.2) is 14.6 Å². The van der Waals surface area contributed by atoms with Gasteiger partial charge in [-0.1, -0.05) is 0 Å². The van der Waals surface area contributed by atoms with Crippen LogP contribution in [0, 0.1) is 12.7 Å². The third kappa shape index (κ3) is 2.98. The zero-order chi connectivity index (χ0) is 20.0. The number of nitrogens with one attached hydrogen (secondary N) is 1. The first kappa shape index (κ1) is 18.3. The van der Waals surface area contributed by atoms with Crippen LogP contribution in [-0.4, -0.2) is 46.5 Å². The summed E-state index contributed by atoms with van der Waals surface area (Å²) in [7, 11) is 0.0664. The predicted molar refractivity (Wildman–Crippen MR) is 104 cm³/mol. The molecule has 3 aromatic rings. The number of nitrogens with two attached hydrogens (primary N) is 1. The topological polar surface area (TPSA) is 117 Å². The van der Waals surface area contributed by atoms with Gasteiger partial charge in [-0.15, -0.1) is 0 Å². The highest BCUT2D eigenvalue weighted by Gasteiger charge is 2.26. The van der Waals surface area contributed by atoms with Gasteiger partial charge in [0.1, 0.15) is 11.3 Å². The molecule has 1 aliphatic rings. The first-order valence-electron chi connectivity index (χ1n) is 8.75. The van der Waals surface area contributed by atoms with E-state index in [0.717, 1.165) is 6.04 Å². The lowest BCUT2D eigenvalue weighted by Gasteiger charge is -2.11. The molecular weight excluding hydrogens is 383 g/mol. The lowest BCUT2D eigenvalue weighted by molar-refractivity contribution is 0.0996. The second kappa shape index (κ2) is 6.84. The van der Waals surface area contributed by atoms with Gasteiger partial charge in [0.2, 0.25) is 5.95 Å². The summed E-state index contributed by atoms with van der Waals surface area (Å²) in [5.74, 6) is -1.33. The van der Waals surface area contributed by atoms with Gasteiger partial charge in [-0.05, 0) is 30.7 Å². The summed E-state index contributed by atoms with van der Waals surface area (Å²) in [5, 5.41) is 2.96. The smallest absolute Gasteiger partial charge is 0.321 e. The van der Waals surface area contributed by atoms with E-state index in [1.165, 1.54) is 16.7 Å². The summed E-state index contributed by atoms with van der Waals surface area (Å²) in [4.78, 5) is 32.7. The van der Waals surface area contributed by atoms with E-state index in [4.69, 9.17) is 10.5 Å². The van der Waals surface area contributed by atoms with Crippen LogP contribution in [0.25, 0.3) is 11.2 Å². The quantitative estimate of drug-likeness (QED) is 0.616. The van der Waals surface area contributed by atoms with Crippen molar-refractivity contribution in [2.24, 2.45) is 12.8 Å². The Morgan fingerprint density at radius 1 is 1.43 bits per heavy atom. The molecule has 2 aromatic heterocycles. The molecule has 1 fully saturated rings. The molecule has 1 aliphatic heterocycles. The standard InChI is InChI=1S/C17H19FN6O3Si/c1-9-5-10(14(19)25)11(18)6-12(9)21-16-20-7-13-15(22-16)24(17(26)23(13)2)28-4-3-27-8-28/h5-7,28H,3-4,8H2,1-2H3,(H2,19,25)(H,20,21,22)/t28-/m0/s1. The monoisotopic (exact) mass is 402 g/mol. The van der Waals surface area contributed by atoms with E-state index in [0.29, 0.717) is 35.3 Å². The number of aromatic nitrogens is 4. The minimum atomic E-state index is -1.62. The molecule has 0 aliphatic carbocycles. The van der Waals surface area contributed by atoms with Crippen LogP contribution in [0.15, 0.2) is 23.1 Å². The Kier molecular flexibility index (Phi) is 4.47. The number of benzene rings is 1. The van der Waals surface area contributed by atoms with E-state index in [1.54, 1.807) is 24.4 Å². The number of primary amides is 1. The van der Waals surface area contributed by atoms with Gasteiger partial charge in [0.25, 0.3) is 5.91 Å². The van der Waals surface area contributed by atoms with Crippen LogP contribution in [0.2, 0.25) is 6.04 Å². The second-order valence-corrected chi connectivity index (χ2v) is 9.50. The van der Waals surface area contributed by atoms with Crippen molar-refractivity contribution >= 4 is 37.7 Å². The lowest BCUT2D eigenvalue weighted by atomic mass is 10.1. The maximum atomic E-state index is 14.1. The molecule has 0 bridgehead atoms. The number of rotatable bonds is 4. The number of imidazole rings is 1. The number of carbonyl (C=O) groups is 1. The van der Waals surface area contributed by atoms with Gasteiger partial charge in [-0.3, -0.25) is 9.36 Å². The van der Waals surface area contributed by atoms with Gasteiger partial charge < -0.3 is 20.0 Å². The highest BCUT2D eigenvalue weighted by molar-refractivity contribution is 6.58. The molecule has 3 N–H and O–H groups in total. The summed E-state index contributed by atoms with van der Waals surface area (Å²) in [5.41, 5.74) is 7.06. The van der Waals surface area contributed by atoms with E-state index >= 15 is 0 Å². The van der Waals surface area contributed by atoms with Gasteiger partial charge in [-0.25, -0.2) is 14.2 Å². The van der Waals surface area contributed by atoms with Gasteiger partial charge >= 0.3 is 5.69 Å². The van der Waals surface area contributed by atoms with Gasteiger partial charge in [0, 0.05) is 19.3 Å². The normalized spacial score (nSPS) is 16.6. The van der Waals surface area contributed by atoms with Crippen molar-refractivity contribution in [3.05, 3.63) is 45.8 Å². The first-order valence-corrected chi connectivity index (χ1v) is 10.9. The number of halogens is 1. The number of nitrogens with zero attached hydrogens (tertiary/aromatic N) is 4. The number of fused-ring (bicyclic) bond motifs is 1. The predicted octanol–water partition coefficient (Wildman–Crippen LogP) is 0.561. The number of aryl methyl sites for hydroxylation is 2. The van der Waals surface area contributed by atoms with E-state index in [-0.39, 0.29) is 17.2 Å². The third-order valence-corrected chi connectivity index (χ3v) is 7.65.